The Bertz CT molecular complexity index is 904. The monoisotopic (exact) mass is 363 g/mol. The van der Waals surface area contributed by atoms with Crippen LogP contribution in [0.3, 0.4) is 0 Å². The number of carbonyl (C=O) groups excluding carboxylic acids is 2. The summed E-state index contributed by atoms with van der Waals surface area (Å²) in [5.74, 6) is -0.0514. The molecule has 1 aromatic heterocycles. The van der Waals surface area contributed by atoms with Crippen LogP contribution < -0.4 is 16.0 Å². The van der Waals surface area contributed by atoms with E-state index >= 15 is 0 Å². The lowest BCUT2D eigenvalue weighted by atomic mass is 10.2. The number of benzene rings is 2. The number of nitrogens with one attached hydrogen (secondary N) is 3. The fourth-order valence-electron chi connectivity index (χ4n) is 2.42. The summed E-state index contributed by atoms with van der Waals surface area (Å²) in [5.41, 5.74) is 3.19. The first-order valence-electron chi connectivity index (χ1n) is 8.68. The lowest BCUT2D eigenvalue weighted by Crippen LogP contribution is -2.28. The van der Waals surface area contributed by atoms with Gasteiger partial charge in [0.15, 0.2) is 0 Å². The lowest BCUT2D eigenvalue weighted by molar-refractivity contribution is -0.115. The second-order valence-electron chi connectivity index (χ2n) is 5.92. The first kappa shape index (κ1) is 18.2. The van der Waals surface area contributed by atoms with E-state index in [1.807, 2.05) is 36.5 Å². The van der Waals surface area contributed by atoms with Crippen LogP contribution in [0.25, 0.3) is 5.69 Å². The van der Waals surface area contributed by atoms with Crippen molar-refractivity contribution in [2.24, 2.45) is 0 Å². The van der Waals surface area contributed by atoms with E-state index in [-0.39, 0.29) is 11.9 Å². The second-order valence-corrected chi connectivity index (χ2v) is 5.92. The molecule has 3 rings (SSSR count). The molecule has 1 heterocycles. The highest BCUT2D eigenvalue weighted by atomic mass is 16.2. The highest BCUT2D eigenvalue weighted by molar-refractivity contribution is 5.92. The largest absolute Gasteiger partial charge is 0.334 e. The van der Waals surface area contributed by atoms with E-state index in [4.69, 9.17) is 0 Å². The molecule has 0 aliphatic carbocycles. The highest BCUT2D eigenvalue weighted by Crippen LogP contribution is 2.14. The van der Waals surface area contributed by atoms with Crippen LogP contribution in [0.4, 0.5) is 16.2 Å². The van der Waals surface area contributed by atoms with Crippen molar-refractivity contribution in [2.45, 2.75) is 19.9 Å². The van der Waals surface area contributed by atoms with E-state index in [1.165, 1.54) is 0 Å². The third kappa shape index (κ3) is 5.18. The molecular formula is C20H21N5O2. The second kappa shape index (κ2) is 8.66. The molecule has 27 heavy (non-hydrogen) atoms. The van der Waals surface area contributed by atoms with Gasteiger partial charge < -0.3 is 16.0 Å². The first-order chi connectivity index (χ1) is 13.1. The van der Waals surface area contributed by atoms with Gasteiger partial charge in [-0.2, -0.15) is 5.10 Å². The van der Waals surface area contributed by atoms with Gasteiger partial charge in [-0.05, 0) is 36.4 Å². The molecule has 138 valence electrons. The molecule has 0 saturated carbocycles. The van der Waals surface area contributed by atoms with E-state index in [2.05, 4.69) is 21.0 Å². The Labute approximate surface area is 157 Å². The standard InChI is InChI=1S/C20H21N5O2/c1-2-19(26)23-16-8-10-17(11-9-16)24-20(27)21-12-15-13-22-25(14-15)18-6-4-3-5-7-18/h3-11,13-14H,2,12H2,1H3,(H,23,26)(H2,21,24,27). The number of aromatic nitrogens is 2. The molecule has 0 aliphatic heterocycles. The molecule has 0 bridgehead atoms. The fraction of sp³-hybridized carbons (Fsp3) is 0.150. The SMILES string of the molecule is CCC(=O)Nc1ccc(NC(=O)NCc2cnn(-c3ccccc3)c2)cc1. The minimum Gasteiger partial charge on any atom is -0.334 e. The van der Waals surface area contributed by atoms with Gasteiger partial charge in [-0.1, -0.05) is 25.1 Å². The van der Waals surface area contributed by atoms with Gasteiger partial charge in [0, 0.05) is 36.1 Å². The predicted octanol–water partition coefficient (Wildman–Crippen LogP) is 3.54. The fourth-order valence-corrected chi connectivity index (χ4v) is 2.42. The van der Waals surface area contributed by atoms with Crippen LogP contribution in [0.2, 0.25) is 0 Å². The number of para-hydroxylation sites is 1. The average Bonchev–Trinajstić information content (AvgIpc) is 3.17. The Balaban J connectivity index is 1.50. The van der Waals surface area contributed by atoms with Gasteiger partial charge in [0.1, 0.15) is 0 Å². The molecule has 3 aromatic rings. The van der Waals surface area contributed by atoms with Crippen LogP contribution in [-0.4, -0.2) is 21.7 Å². The molecule has 0 aliphatic rings. The van der Waals surface area contributed by atoms with E-state index in [1.54, 1.807) is 42.1 Å². The summed E-state index contributed by atoms with van der Waals surface area (Å²) in [7, 11) is 0. The van der Waals surface area contributed by atoms with Crippen molar-refractivity contribution in [1.82, 2.24) is 15.1 Å². The Morgan fingerprint density at radius 2 is 1.63 bits per heavy atom. The van der Waals surface area contributed by atoms with Crippen molar-refractivity contribution >= 4 is 23.3 Å². The van der Waals surface area contributed by atoms with Crippen molar-refractivity contribution in [1.29, 1.82) is 0 Å². The van der Waals surface area contributed by atoms with Crippen molar-refractivity contribution in [3.05, 3.63) is 72.6 Å². The van der Waals surface area contributed by atoms with Crippen LogP contribution >= 0.6 is 0 Å². The van der Waals surface area contributed by atoms with Gasteiger partial charge in [0.05, 0.1) is 11.9 Å². The smallest absolute Gasteiger partial charge is 0.319 e. The van der Waals surface area contributed by atoms with E-state index in [0.717, 1.165) is 11.3 Å². The highest BCUT2D eigenvalue weighted by Gasteiger charge is 2.05. The molecule has 0 atom stereocenters. The molecule has 0 spiro atoms. The zero-order valence-electron chi connectivity index (χ0n) is 15.0. The summed E-state index contributed by atoms with van der Waals surface area (Å²) in [6.45, 7) is 2.16. The summed E-state index contributed by atoms with van der Waals surface area (Å²) < 4.78 is 1.76. The molecule has 0 unspecified atom stereocenters. The van der Waals surface area contributed by atoms with Crippen LogP contribution in [0.15, 0.2) is 67.0 Å². The number of rotatable bonds is 6. The summed E-state index contributed by atoms with van der Waals surface area (Å²) in [4.78, 5) is 23.4. The molecular weight excluding hydrogens is 342 g/mol. The Kier molecular flexibility index (Phi) is 5.84. The van der Waals surface area contributed by atoms with E-state index in [0.29, 0.717) is 24.3 Å². The van der Waals surface area contributed by atoms with Gasteiger partial charge in [-0.15, -0.1) is 0 Å². The van der Waals surface area contributed by atoms with Crippen LogP contribution in [0, 0.1) is 0 Å². The molecule has 2 aromatic carbocycles. The summed E-state index contributed by atoms with van der Waals surface area (Å²) in [6.07, 6.45) is 4.02. The summed E-state index contributed by atoms with van der Waals surface area (Å²) in [5, 5.41) is 12.6. The zero-order valence-corrected chi connectivity index (χ0v) is 15.0. The van der Waals surface area contributed by atoms with Gasteiger partial charge in [0.25, 0.3) is 0 Å². The maximum absolute atomic E-state index is 12.1. The van der Waals surface area contributed by atoms with Gasteiger partial charge in [-0.3, -0.25) is 4.79 Å². The zero-order chi connectivity index (χ0) is 19.1. The number of amides is 3. The third-order valence-corrected chi connectivity index (χ3v) is 3.86. The van der Waals surface area contributed by atoms with E-state index < -0.39 is 0 Å². The number of anilines is 2. The molecule has 7 heteroatoms. The number of hydrogen-bond acceptors (Lipinski definition) is 3. The maximum atomic E-state index is 12.1. The minimum absolute atomic E-state index is 0.0514. The summed E-state index contributed by atoms with van der Waals surface area (Å²) >= 11 is 0. The average molecular weight is 363 g/mol. The van der Waals surface area contributed by atoms with Crippen LogP contribution in [-0.2, 0) is 11.3 Å². The molecule has 3 amide bonds. The molecule has 0 fully saturated rings. The maximum Gasteiger partial charge on any atom is 0.319 e. The topological polar surface area (TPSA) is 88.1 Å². The lowest BCUT2D eigenvalue weighted by Gasteiger charge is -2.08. The van der Waals surface area contributed by atoms with Gasteiger partial charge >= 0.3 is 6.03 Å². The number of carbonyl (C=O) groups is 2. The van der Waals surface area contributed by atoms with Crippen LogP contribution in [0.1, 0.15) is 18.9 Å². The van der Waals surface area contributed by atoms with Gasteiger partial charge in [0.2, 0.25) is 5.91 Å². The Morgan fingerprint density at radius 1 is 0.963 bits per heavy atom. The van der Waals surface area contributed by atoms with Crippen LogP contribution in [0.5, 0.6) is 0 Å². The predicted molar refractivity (Wildman–Crippen MR) is 105 cm³/mol. The van der Waals surface area contributed by atoms with Gasteiger partial charge in [-0.25, -0.2) is 9.48 Å². The minimum atomic E-state index is -0.312. The Morgan fingerprint density at radius 3 is 2.30 bits per heavy atom. The van der Waals surface area contributed by atoms with E-state index in [9.17, 15) is 9.59 Å². The molecule has 3 N–H and O–H groups in total. The normalized spacial score (nSPS) is 10.3. The van der Waals surface area contributed by atoms with Crippen molar-refractivity contribution in [2.75, 3.05) is 10.6 Å². The molecule has 0 radical (unpaired) electrons. The van der Waals surface area contributed by atoms with Crippen molar-refractivity contribution in [3.8, 4) is 5.69 Å². The quantitative estimate of drug-likeness (QED) is 0.626. The van der Waals surface area contributed by atoms with Crippen molar-refractivity contribution < 1.29 is 9.59 Å². The number of nitrogens with zero attached hydrogens (tertiary/aromatic N) is 2. The summed E-state index contributed by atoms with van der Waals surface area (Å²) in [6, 6.07) is 16.4. The molecule has 0 saturated heterocycles. The Hall–Kier alpha value is -3.61. The number of urea groups is 1. The first-order valence-corrected chi connectivity index (χ1v) is 8.68. The third-order valence-electron chi connectivity index (χ3n) is 3.86. The number of hydrogen-bond donors (Lipinski definition) is 3. The molecule has 7 nitrogen and oxygen atoms in total. The van der Waals surface area contributed by atoms with Crippen molar-refractivity contribution in [3.63, 3.8) is 0 Å².